The van der Waals surface area contributed by atoms with E-state index in [1.54, 1.807) is 42.5 Å². The molecule has 3 aromatic rings. The maximum atomic E-state index is 12.5. The molecule has 0 aliphatic rings. The number of anilines is 2. The molecular formula is C22H17ClN4O4. The number of halogens is 1. The molecule has 0 aliphatic carbocycles. The Hall–Kier alpha value is -3.93. The SMILES string of the molecule is N#Cc1cccc(NC(=O)c2ccc(NCC(O)c3ccc(Cl)cc3)c([N+](=O)[O-])c2)c1. The highest BCUT2D eigenvalue weighted by Gasteiger charge is 2.19. The van der Waals surface area contributed by atoms with Crippen LogP contribution < -0.4 is 10.6 Å². The van der Waals surface area contributed by atoms with Gasteiger partial charge in [0.25, 0.3) is 11.6 Å². The predicted octanol–water partition coefficient (Wildman–Crippen LogP) is 4.52. The Bertz CT molecular complexity index is 1160. The monoisotopic (exact) mass is 436 g/mol. The Labute approximate surface area is 182 Å². The van der Waals surface area contributed by atoms with Crippen LogP contribution in [0.5, 0.6) is 0 Å². The van der Waals surface area contributed by atoms with Gasteiger partial charge in [0.1, 0.15) is 5.69 Å². The molecule has 0 aliphatic heterocycles. The van der Waals surface area contributed by atoms with Crippen LogP contribution in [-0.2, 0) is 0 Å². The second-order valence-electron chi connectivity index (χ2n) is 6.58. The zero-order valence-corrected chi connectivity index (χ0v) is 16.8. The van der Waals surface area contributed by atoms with Gasteiger partial charge in [-0.2, -0.15) is 5.26 Å². The summed E-state index contributed by atoms with van der Waals surface area (Å²) in [6, 6.07) is 18.9. The van der Waals surface area contributed by atoms with Crippen molar-refractivity contribution < 1.29 is 14.8 Å². The number of nitro groups is 1. The van der Waals surface area contributed by atoms with Crippen LogP contribution in [0.3, 0.4) is 0 Å². The second-order valence-corrected chi connectivity index (χ2v) is 7.02. The molecule has 0 spiro atoms. The zero-order valence-electron chi connectivity index (χ0n) is 16.1. The van der Waals surface area contributed by atoms with E-state index in [1.165, 1.54) is 18.2 Å². The van der Waals surface area contributed by atoms with Gasteiger partial charge in [0.05, 0.1) is 22.7 Å². The maximum Gasteiger partial charge on any atom is 0.293 e. The van der Waals surface area contributed by atoms with Crippen LogP contribution in [0.15, 0.2) is 66.7 Å². The molecule has 0 aromatic heterocycles. The fourth-order valence-corrected chi connectivity index (χ4v) is 2.98. The average Bonchev–Trinajstić information content (AvgIpc) is 2.77. The predicted molar refractivity (Wildman–Crippen MR) is 117 cm³/mol. The van der Waals surface area contributed by atoms with Crippen molar-refractivity contribution in [3.8, 4) is 6.07 Å². The van der Waals surface area contributed by atoms with Crippen molar-refractivity contribution in [1.29, 1.82) is 5.26 Å². The van der Waals surface area contributed by atoms with Gasteiger partial charge in [-0.3, -0.25) is 14.9 Å². The van der Waals surface area contributed by atoms with E-state index in [0.29, 0.717) is 21.8 Å². The van der Waals surface area contributed by atoms with Gasteiger partial charge in [-0.15, -0.1) is 0 Å². The van der Waals surface area contributed by atoms with E-state index in [0.717, 1.165) is 6.07 Å². The molecule has 156 valence electrons. The number of nitriles is 1. The first kappa shape index (κ1) is 21.8. The van der Waals surface area contributed by atoms with Gasteiger partial charge in [0.2, 0.25) is 0 Å². The number of hydrogen-bond acceptors (Lipinski definition) is 6. The molecule has 3 rings (SSSR count). The van der Waals surface area contributed by atoms with Crippen LogP contribution in [0.25, 0.3) is 0 Å². The molecule has 0 heterocycles. The van der Waals surface area contributed by atoms with Gasteiger partial charge < -0.3 is 15.7 Å². The van der Waals surface area contributed by atoms with E-state index in [-0.39, 0.29) is 23.5 Å². The molecule has 1 unspecified atom stereocenters. The van der Waals surface area contributed by atoms with Gasteiger partial charge in [-0.25, -0.2) is 0 Å². The zero-order chi connectivity index (χ0) is 22.4. The Kier molecular flexibility index (Phi) is 6.82. The summed E-state index contributed by atoms with van der Waals surface area (Å²) in [6.45, 7) is 0.0228. The summed E-state index contributed by atoms with van der Waals surface area (Å²) in [5, 5.41) is 36.7. The standard InChI is InChI=1S/C22H17ClN4O4/c23-17-7-4-15(5-8-17)21(28)13-25-19-9-6-16(11-20(19)27(30)31)22(29)26-18-3-1-2-14(10-18)12-24/h1-11,21,25,28H,13H2,(H,26,29). The average molecular weight is 437 g/mol. The lowest BCUT2D eigenvalue weighted by molar-refractivity contribution is -0.384. The molecule has 0 fully saturated rings. The van der Waals surface area contributed by atoms with Crippen molar-refractivity contribution in [1.82, 2.24) is 0 Å². The molecule has 3 aromatic carbocycles. The molecule has 9 heteroatoms. The number of hydrogen-bond donors (Lipinski definition) is 3. The molecule has 1 atom stereocenters. The van der Waals surface area contributed by atoms with E-state index in [9.17, 15) is 20.0 Å². The van der Waals surface area contributed by atoms with Crippen LogP contribution in [0.1, 0.15) is 27.6 Å². The smallest absolute Gasteiger partial charge is 0.293 e. The summed E-state index contributed by atoms with van der Waals surface area (Å²) in [7, 11) is 0. The van der Waals surface area contributed by atoms with Crippen molar-refractivity contribution in [3.05, 3.63) is 98.6 Å². The molecule has 0 saturated heterocycles. The molecule has 0 saturated carbocycles. The Morgan fingerprint density at radius 2 is 1.90 bits per heavy atom. The molecule has 1 amide bonds. The number of nitrogens with zero attached hydrogens (tertiary/aromatic N) is 2. The number of carbonyl (C=O) groups excluding carboxylic acids is 1. The molecule has 31 heavy (non-hydrogen) atoms. The summed E-state index contributed by atoms with van der Waals surface area (Å²) in [5.74, 6) is -0.550. The summed E-state index contributed by atoms with van der Waals surface area (Å²) in [5.41, 5.74) is 1.33. The Balaban J connectivity index is 1.74. The lowest BCUT2D eigenvalue weighted by Crippen LogP contribution is -2.15. The van der Waals surface area contributed by atoms with Crippen LogP contribution >= 0.6 is 11.6 Å². The van der Waals surface area contributed by atoms with E-state index >= 15 is 0 Å². The number of nitrogens with one attached hydrogen (secondary N) is 2. The van der Waals surface area contributed by atoms with Gasteiger partial charge in [-0.1, -0.05) is 29.8 Å². The maximum absolute atomic E-state index is 12.5. The van der Waals surface area contributed by atoms with Crippen LogP contribution in [0.4, 0.5) is 17.1 Å². The molecule has 0 radical (unpaired) electrons. The first-order chi connectivity index (χ1) is 14.9. The molecule has 3 N–H and O–H groups in total. The summed E-state index contributed by atoms with van der Waals surface area (Å²) >= 11 is 5.83. The van der Waals surface area contributed by atoms with Gasteiger partial charge in [-0.05, 0) is 48.0 Å². The minimum absolute atomic E-state index is 0.0228. The fraction of sp³-hybridized carbons (Fsp3) is 0.0909. The first-order valence-electron chi connectivity index (χ1n) is 9.14. The largest absolute Gasteiger partial charge is 0.387 e. The van der Waals surface area contributed by atoms with Crippen molar-refractivity contribution in [2.24, 2.45) is 0 Å². The Morgan fingerprint density at radius 1 is 1.16 bits per heavy atom. The number of rotatable bonds is 7. The topological polar surface area (TPSA) is 128 Å². The van der Waals surface area contributed by atoms with E-state index in [4.69, 9.17) is 16.9 Å². The second kappa shape index (κ2) is 9.71. The van der Waals surface area contributed by atoms with Crippen molar-refractivity contribution in [2.45, 2.75) is 6.10 Å². The minimum Gasteiger partial charge on any atom is -0.387 e. The van der Waals surface area contributed by atoms with Crippen LogP contribution in [0, 0.1) is 21.4 Å². The number of benzene rings is 3. The highest BCUT2D eigenvalue weighted by Crippen LogP contribution is 2.27. The molecule has 8 nitrogen and oxygen atoms in total. The quantitative estimate of drug-likeness (QED) is 0.369. The van der Waals surface area contributed by atoms with Crippen molar-refractivity contribution in [2.75, 3.05) is 17.2 Å². The van der Waals surface area contributed by atoms with Gasteiger partial charge in [0, 0.05) is 28.9 Å². The number of carbonyl (C=O) groups is 1. The summed E-state index contributed by atoms with van der Waals surface area (Å²) in [6.07, 6.45) is -0.910. The molecule has 0 bridgehead atoms. The van der Waals surface area contributed by atoms with Gasteiger partial charge >= 0.3 is 0 Å². The number of aliphatic hydroxyl groups is 1. The van der Waals surface area contributed by atoms with Crippen LogP contribution in [-0.4, -0.2) is 22.5 Å². The number of aliphatic hydroxyl groups excluding tert-OH is 1. The highest BCUT2D eigenvalue weighted by atomic mass is 35.5. The van der Waals surface area contributed by atoms with E-state index < -0.39 is 16.9 Å². The third kappa shape index (κ3) is 5.57. The lowest BCUT2D eigenvalue weighted by atomic mass is 10.1. The van der Waals surface area contributed by atoms with Crippen molar-refractivity contribution >= 4 is 34.6 Å². The highest BCUT2D eigenvalue weighted by molar-refractivity contribution is 6.30. The summed E-state index contributed by atoms with van der Waals surface area (Å²) < 4.78 is 0. The third-order valence-corrected chi connectivity index (χ3v) is 4.70. The Morgan fingerprint density at radius 3 is 2.58 bits per heavy atom. The fourth-order valence-electron chi connectivity index (χ4n) is 2.85. The normalized spacial score (nSPS) is 11.3. The van der Waals surface area contributed by atoms with E-state index in [1.807, 2.05) is 6.07 Å². The summed E-state index contributed by atoms with van der Waals surface area (Å²) in [4.78, 5) is 23.4. The van der Waals surface area contributed by atoms with Crippen molar-refractivity contribution in [3.63, 3.8) is 0 Å². The third-order valence-electron chi connectivity index (χ3n) is 4.45. The van der Waals surface area contributed by atoms with Crippen LogP contribution in [0.2, 0.25) is 5.02 Å². The minimum atomic E-state index is -0.910. The van der Waals surface area contributed by atoms with Gasteiger partial charge in [0.15, 0.2) is 0 Å². The number of nitro benzene ring substituents is 1. The molecular weight excluding hydrogens is 420 g/mol. The number of amides is 1. The lowest BCUT2D eigenvalue weighted by Gasteiger charge is -2.14. The van der Waals surface area contributed by atoms with E-state index in [2.05, 4.69) is 10.6 Å². The first-order valence-corrected chi connectivity index (χ1v) is 9.52.